The molecule has 1 aliphatic rings. The van der Waals surface area contributed by atoms with Gasteiger partial charge in [-0.3, -0.25) is 9.59 Å². The van der Waals surface area contributed by atoms with E-state index in [2.05, 4.69) is 5.18 Å². The van der Waals surface area contributed by atoms with Crippen LogP contribution < -0.4 is 0 Å². The van der Waals surface area contributed by atoms with Gasteiger partial charge in [0.25, 0.3) is 0 Å². The van der Waals surface area contributed by atoms with Crippen molar-refractivity contribution in [1.29, 1.82) is 0 Å². The molecule has 4 nitrogen and oxygen atoms in total. The number of carbonyl (C=O) groups excluding carboxylic acids is 2. The number of nitroso groups, excluding NO2 is 1. The molecule has 0 N–H and O–H groups in total. The van der Waals surface area contributed by atoms with Gasteiger partial charge in [0.1, 0.15) is 0 Å². The van der Waals surface area contributed by atoms with Crippen LogP contribution in [-0.4, -0.2) is 11.6 Å². The fourth-order valence-electron chi connectivity index (χ4n) is 0.569. The van der Waals surface area contributed by atoms with Crippen LogP contribution in [0.5, 0.6) is 0 Å². The molecule has 0 aliphatic heterocycles. The number of rotatable bonds is 1. The van der Waals surface area contributed by atoms with Crippen LogP contribution in [0.2, 0.25) is 0 Å². The Kier molecular flexibility index (Phi) is 1.53. The van der Waals surface area contributed by atoms with Gasteiger partial charge in [-0.05, 0) is 17.3 Å². The number of nitrogens with zero attached hydrogens (tertiary/aromatic N) is 1. The first-order valence-corrected chi connectivity index (χ1v) is 2.55. The Hall–Kier alpha value is -1.58. The fraction of sp³-hybridized carbons (Fsp3) is 0. The van der Waals surface area contributed by atoms with Crippen molar-refractivity contribution in [2.24, 2.45) is 5.18 Å². The summed E-state index contributed by atoms with van der Waals surface area (Å²) in [6.45, 7) is 0. The Morgan fingerprint density at radius 2 is 1.90 bits per heavy atom. The number of hydrogen-bond acceptors (Lipinski definition) is 4. The van der Waals surface area contributed by atoms with Crippen molar-refractivity contribution in [2.75, 3.05) is 0 Å². The predicted molar refractivity (Wildman–Crippen MR) is 33.0 cm³/mol. The lowest BCUT2D eigenvalue weighted by molar-refractivity contribution is -0.114. The van der Waals surface area contributed by atoms with Gasteiger partial charge in [0.05, 0.1) is 0 Å². The minimum Gasteiger partial charge on any atom is -0.290 e. The Balaban J connectivity index is 3.00. The van der Waals surface area contributed by atoms with Crippen LogP contribution >= 0.6 is 0 Å². The lowest BCUT2D eigenvalue weighted by Crippen LogP contribution is -2.04. The maximum absolute atomic E-state index is 10.6. The van der Waals surface area contributed by atoms with E-state index in [1.807, 2.05) is 0 Å². The van der Waals surface area contributed by atoms with Crippen molar-refractivity contribution in [3.8, 4) is 0 Å². The molecule has 4 heteroatoms. The van der Waals surface area contributed by atoms with Gasteiger partial charge in [0.15, 0.2) is 11.5 Å². The van der Waals surface area contributed by atoms with Gasteiger partial charge in [-0.2, -0.15) is 0 Å². The molecule has 0 saturated carbocycles. The zero-order chi connectivity index (χ0) is 7.56. The molecule has 0 spiro atoms. The van der Waals surface area contributed by atoms with Crippen molar-refractivity contribution in [1.82, 2.24) is 0 Å². The number of allylic oxidation sites excluding steroid dienone is 3. The average Bonchev–Trinajstić information content (AvgIpc) is 1.94. The molecule has 1 aliphatic carbocycles. The molecule has 0 bridgehead atoms. The Morgan fingerprint density at radius 1 is 1.20 bits per heavy atom. The molecule has 1 rings (SSSR count). The SMILES string of the molecule is O=NC1=CC(=O)C=CC1=O. The molecule has 0 saturated heterocycles. The highest BCUT2D eigenvalue weighted by atomic mass is 16.3. The van der Waals surface area contributed by atoms with Crippen molar-refractivity contribution in [3.63, 3.8) is 0 Å². The summed E-state index contributed by atoms with van der Waals surface area (Å²) in [6, 6.07) is 0. The molecule has 0 aromatic heterocycles. The number of ketones is 2. The van der Waals surface area contributed by atoms with Crippen molar-refractivity contribution < 1.29 is 9.59 Å². The van der Waals surface area contributed by atoms with Gasteiger partial charge in [-0.25, -0.2) is 0 Å². The van der Waals surface area contributed by atoms with Crippen LogP contribution in [0, 0.1) is 4.91 Å². The van der Waals surface area contributed by atoms with Gasteiger partial charge < -0.3 is 0 Å². The van der Waals surface area contributed by atoms with E-state index in [1.54, 1.807) is 0 Å². The fourth-order valence-corrected chi connectivity index (χ4v) is 0.569. The molecular formula is C6H3NO3. The highest BCUT2D eigenvalue weighted by molar-refractivity contribution is 6.17. The van der Waals surface area contributed by atoms with Crippen LogP contribution in [0.1, 0.15) is 0 Å². The molecule has 0 fully saturated rings. The van der Waals surface area contributed by atoms with E-state index in [0.717, 1.165) is 18.2 Å². The second-order valence-electron chi connectivity index (χ2n) is 1.72. The summed E-state index contributed by atoms with van der Waals surface area (Å²) in [6.07, 6.45) is 3.03. The quantitative estimate of drug-likeness (QED) is 0.386. The third-order valence-electron chi connectivity index (χ3n) is 1.03. The Bertz CT molecular complexity index is 262. The number of hydrogen-bond donors (Lipinski definition) is 0. The molecule has 50 valence electrons. The highest BCUT2D eigenvalue weighted by Crippen LogP contribution is 2.04. The van der Waals surface area contributed by atoms with Crippen LogP contribution in [0.4, 0.5) is 0 Å². The smallest absolute Gasteiger partial charge is 0.208 e. The molecule has 0 unspecified atom stereocenters. The van der Waals surface area contributed by atoms with Crippen molar-refractivity contribution in [3.05, 3.63) is 28.8 Å². The molecule has 0 radical (unpaired) electrons. The summed E-state index contributed by atoms with van der Waals surface area (Å²) in [4.78, 5) is 30.8. The Labute approximate surface area is 56.2 Å². The lowest BCUT2D eigenvalue weighted by Gasteiger charge is -1.94. The average molecular weight is 137 g/mol. The third kappa shape index (κ3) is 1.05. The van der Waals surface area contributed by atoms with Gasteiger partial charge in [0.2, 0.25) is 5.78 Å². The van der Waals surface area contributed by atoms with Crippen molar-refractivity contribution >= 4 is 11.6 Å². The monoisotopic (exact) mass is 137 g/mol. The molecule has 0 atom stereocenters. The minimum atomic E-state index is -0.519. The van der Waals surface area contributed by atoms with E-state index in [1.165, 1.54) is 0 Å². The standard InChI is InChI=1S/C6H3NO3/c8-4-1-2-6(9)5(3-4)7-10/h1-3H. The van der Waals surface area contributed by atoms with Crippen molar-refractivity contribution in [2.45, 2.75) is 0 Å². The third-order valence-corrected chi connectivity index (χ3v) is 1.03. The first kappa shape index (κ1) is 6.54. The van der Waals surface area contributed by atoms with E-state index < -0.39 is 5.78 Å². The maximum atomic E-state index is 10.6. The van der Waals surface area contributed by atoms with E-state index >= 15 is 0 Å². The maximum Gasteiger partial charge on any atom is 0.208 e. The predicted octanol–water partition coefficient (Wildman–Crippen LogP) is 0.345. The highest BCUT2D eigenvalue weighted by Gasteiger charge is 2.12. The molecule has 0 aromatic rings. The second-order valence-corrected chi connectivity index (χ2v) is 1.72. The minimum absolute atomic E-state index is 0.326. The van der Waals surface area contributed by atoms with E-state index in [4.69, 9.17) is 0 Å². The lowest BCUT2D eigenvalue weighted by atomic mass is 10.1. The summed E-state index contributed by atoms with van der Waals surface area (Å²) in [5.74, 6) is -0.899. The topological polar surface area (TPSA) is 63.6 Å². The summed E-state index contributed by atoms with van der Waals surface area (Å²) >= 11 is 0. The van der Waals surface area contributed by atoms with Gasteiger partial charge in [-0.15, -0.1) is 4.91 Å². The van der Waals surface area contributed by atoms with Crippen LogP contribution in [0.25, 0.3) is 0 Å². The first-order chi connectivity index (χ1) is 4.74. The summed E-state index contributed by atoms with van der Waals surface area (Å²) < 4.78 is 0. The molecule has 0 heterocycles. The Morgan fingerprint density at radius 3 is 2.40 bits per heavy atom. The van der Waals surface area contributed by atoms with Crippen LogP contribution in [0.15, 0.2) is 29.1 Å². The molecule has 10 heavy (non-hydrogen) atoms. The zero-order valence-electron chi connectivity index (χ0n) is 4.90. The largest absolute Gasteiger partial charge is 0.290 e. The summed E-state index contributed by atoms with van der Waals surface area (Å²) in [5, 5.41) is 2.37. The van der Waals surface area contributed by atoms with E-state index in [-0.39, 0.29) is 11.5 Å². The van der Waals surface area contributed by atoms with E-state index in [9.17, 15) is 14.5 Å². The summed E-state index contributed by atoms with van der Waals surface area (Å²) in [7, 11) is 0. The van der Waals surface area contributed by atoms with Gasteiger partial charge >= 0.3 is 0 Å². The van der Waals surface area contributed by atoms with Crippen LogP contribution in [-0.2, 0) is 9.59 Å². The molecular weight excluding hydrogens is 134 g/mol. The number of carbonyl (C=O) groups is 2. The summed E-state index contributed by atoms with van der Waals surface area (Å²) in [5.41, 5.74) is -0.326. The van der Waals surface area contributed by atoms with Gasteiger partial charge in [-0.1, -0.05) is 0 Å². The molecule has 0 amide bonds. The molecule has 0 aromatic carbocycles. The van der Waals surface area contributed by atoms with E-state index in [0.29, 0.717) is 0 Å². The van der Waals surface area contributed by atoms with Gasteiger partial charge in [0, 0.05) is 6.08 Å². The normalized spacial score (nSPS) is 17.0. The second kappa shape index (κ2) is 2.34. The zero-order valence-corrected chi connectivity index (χ0v) is 4.90. The van der Waals surface area contributed by atoms with Crippen LogP contribution in [0.3, 0.4) is 0 Å². The first-order valence-electron chi connectivity index (χ1n) is 2.55.